The first kappa shape index (κ1) is 19.5. The van der Waals surface area contributed by atoms with Crippen LogP contribution in [0.15, 0.2) is 29.4 Å². The van der Waals surface area contributed by atoms with Crippen molar-refractivity contribution in [3.8, 4) is 0 Å². The van der Waals surface area contributed by atoms with Crippen LogP contribution in [0.25, 0.3) is 0 Å². The van der Waals surface area contributed by atoms with Gasteiger partial charge in [-0.25, -0.2) is 13.4 Å². The van der Waals surface area contributed by atoms with E-state index in [9.17, 15) is 8.42 Å². The summed E-state index contributed by atoms with van der Waals surface area (Å²) in [5, 5.41) is 0.703. The third kappa shape index (κ3) is 4.36. The van der Waals surface area contributed by atoms with Gasteiger partial charge in [0.05, 0.1) is 4.90 Å². The average Bonchev–Trinajstić information content (AvgIpc) is 3.13. The first-order chi connectivity index (χ1) is 12.4. The maximum Gasteiger partial charge on any atom is 0.263 e. The minimum Gasteiger partial charge on any atom is -0.296 e. The molecular formula is C17H23ClN4O2S2. The lowest BCUT2D eigenvalue weighted by molar-refractivity contribution is 0.129. The third-order valence-corrected chi connectivity index (χ3v) is 7.36. The molecule has 142 valence electrons. The number of sulfonamides is 1. The molecular weight excluding hydrogens is 392 g/mol. The number of halogens is 1. The van der Waals surface area contributed by atoms with Crippen LogP contribution < -0.4 is 4.72 Å². The predicted octanol–water partition coefficient (Wildman–Crippen LogP) is 4.18. The summed E-state index contributed by atoms with van der Waals surface area (Å²) in [5.41, 5.74) is 0.957. The number of anilines is 1. The molecule has 26 heavy (non-hydrogen) atoms. The lowest BCUT2D eigenvalue weighted by Gasteiger charge is -2.37. The summed E-state index contributed by atoms with van der Waals surface area (Å²) in [6.07, 6.45) is 4.97. The molecule has 6 nitrogen and oxygen atoms in total. The van der Waals surface area contributed by atoms with E-state index >= 15 is 0 Å². The Hall–Kier alpha value is -1.22. The first-order valence-corrected chi connectivity index (χ1v) is 11.4. The topological polar surface area (TPSA) is 75.2 Å². The molecule has 0 amide bonds. The van der Waals surface area contributed by atoms with E-state index in [1.165, 1.54) is 31.7 Å². The van der Waals surface area contributed by atoms with Gasteiger partial charge in [-0.3, -0.25) is 9.62 Å². The van der Waals surface area contributed by atoms with Crippen LogP contribution in [0.1, 0.15) is 44.7 Å². The average molecular weight is 415 g/mol. The van der Waals surface area contributed by atoms with Crippen LogP contribution in [0, 0.1) is 5.92 Å². The summed E-state index contributed by atoms with van der Waals surface area (Å²) in [4.78, 5) is 6.41. The van der Waals surface area contributed by atoms with Gasteiger partial charge in [-0.1, -0.05) is 31.0 Å². The van der Waals surface area contributed by atoms with Crippen LogP contribution in [-0.2, 0) is 10.0 Å². The molecule has 9 heteroatoms. The highest BCUT2D eigenvalue weighted by Crippen LogP contribution is 2.33. The van der Waals surface area contributed by atoms with Crippen LogP contribution in [0.4, 0.5) is 5.13 Å². The molecule has 0 radical (unpaired) electrons. The summed E-state index contributed by atoms with van der Waals surface area (Å²) in [6.45, 7) is 6.47. The first-order valence-electron chi connectivity index (χ1n) is 8.73. The number of benzene rings is 1. The van der Waals surface area contributed by atoms with Gasteiger partial charge < -0.3 is 0 Å². The molecule has 1 aromatic heterocycles. The maximum atomic E-state index is 12.5. The predicted molar refractivity (Wildman–Crippen MR) is 105 cm³/mol. The molecule has 1 N–H and O–H groups in total. The van der Waals surface area contributed by atoms with E-state index in [2.05, 4.69) is 32.8 Å². The highest BCUT2D eigenvalue weighted by Gasteiger charge is 2.25. The Balaban J connectivity index is 1.78. The molecule has 1 fully saturated rings. The quantitative estimate of drug-likeness (QED) is 0.767. The van der Waals surface area contributed by atoms with Crippen molar-refractivity contribution in [3.05, 3.63) is 35.1 Å². The van der Waals surface area contributed by atoms with Gasteiger partial charge in [-0.05, 0) is 49.9 Å². The second kappa shape index (κ2) is 8.21. The van der Waals surface area contributed by atoms with Gasteiger partial charge >= 0.3 is 0 Å². The highest BCUT2D eigenvalue weighted by atomic mass is 35.5. The fourth-order valence-corrected chi connectivity index (χ4v) is 5.48. The van der Waals surface area contributed by atoms with Crippen molar-refractivity contribution in [2.45, 2.75) is 44.0 Å². The van der Waals surface area contributed by atoms with Gasteiger partial charge in [0.25, 0.3) is 10.0 Å². The van der Waals surface area contributed by atoms with Crippen LogP contribution >= 0.6 is 23.1 Å². The molecule has 1 unspecified atom stereocenters. The number of piperidine rings is 1. The largest absolute Gasteiger partial charge is 0.296 e. The van der Waals surface area contributed by atoms with Gasteiger partial charge in [0.2, 0.25) is 5.13 Å². The van der Waals surface area contributed by atoms with Crippen molar-refractivity contribution in [3.63, 3.8) is 0 Å². The molecule has 1 aromatic carbocycles. The van der Waals surface area contributed by atoms with Crippen molar-refractivity contribution in [1.82, 2.24) is 14.3 Å². The standard InChI is InChI=1S/C17H23ClN4O2S2/c1-3-13-5-4-8-22(10-13)12(2)15-7-6-14(9-16(15)18)26(23,24)21-17-19-11-20-25-17/h6-7,9,11-13H,3-5,8,10H2,1-2H3,(H,19,20,21)/t12-,13?/m1/s1. The Bertz CT molecular complexity index is 842. The fraction of sp³-hybridized carbons (Fsp3) is 0.529. The van der Waals surface area contributed by atoms with Crippen molar-refractivity contribution in [2.24, 2.45) is 5.92 Å². The van der Waals surface area contributed by atoms with Crippen LogP contribution in [0.3, 0.4) is 0 Å². The Morgan fingerprint density at radius 2 is 2.27 bits per heavy atom. The number of aromatic nitrogens is 2. The van der Waals surface area contributed by atoms with Crippen molar-refractivity contribution < 1.29 is 8.42 Å². The van der Waals surface area contributed by atoms with E-state index in [1.807, 2.05) is 6.07 Å². The monoisotopic (exact) mass is 414 g/mol. The lowest BCUT2D eigenvalue weighted by Crippen LogP contribution is -2.37. The number of nitrogens with zero attached hydrogens (tertiary/aromatic N) is 3. The third-order valence-electron chi connectivity index (χ3n) is 4.99. The number of hydrogen-bond acceptors (Lipinski definition) is 6. The van der Waals surface area contributed by atoms with Gasteiger partial charge in [0.1, 0.15) is 6.33 Å². The SMILES string of the molecule is CCC1CCCN([C@H](C)c2ccc(S(=O)(=O)Nc3ncns3)cc2Cl)C1. The molecule has 1 aliphatic rings. The van der Waals surface area contributed by atoms with Gasteiger partial charge in [-0.2, -0.15) is 4.37 Å². The van der Waals surface area contributed by atoms with Gasteiger partial charge in [0.15, 0.2) is 0 Å². The van der Waals surface area contributed by atoms with Crippen molar-refractivity contribution >= 4 is 38.3 Å². The second-order valence-electron chi connectivity index (χ2n) is 6.62. The maximum absolute atomic E-state index is 12.5. The smallest absolute Gasteiger partial charge is 0.263 e. The zero-order valence-corrected chi connectivity index (χ0v) is 17.2. The summed E-state index contributed by atoms with van der Waals surface area (Å²) >= 11 is 7.44. The number of likely N-dealkylation sites (tertiary alicyclic amines) is 1. The summed E-state index contributed by atoms with van der Waals surface area (Å²) < 4.78 is 31.2. The zero-order valence-electron chi connectivity index (χ0n) is 14.9. The van der Waals surface area contributed by atoms with Crippen molar-refractivity contribution in [2.75, 3.05) is 17.8 Å². The molecule has 0 spiro atoms. The Kier molecular flexibility index (Phi) is 6.17. The summed E-state index contributed by atoms with van der Waals surface area (Å²) in [5.74, 6) is 0.723. The second-order valence-corrected chi connectivity index (χ2v) is 9.49. The van der Waals surface area contributed by atoms with E-state index in [1.54, 1.807) is 6.07 Å². The van der Waals surface area contributed by atoms with Crippen molar-refractivity contribution in [1.29, 1.82) is 0 Å². The highest BCUT2D eigenvalue weighted by molar-refractivity contribution is 7.93. The molecule has 0 aliphatic carbocycles. The molecule has 1 saturated heterocycles. The number of nitrogens with one attached hydrogen (secondary N) is 1. The molecule has 2 atom stereocenters. The zero-order chi connectivity index (χ0) is 18.7. The minimum atomic E-state index is -3.73. The molecule has 2 aromatic rings. The lowest BCUT2D eigenvalue weighted by atomic mass is 9.93. The van der Waals surface area contributed by atoms with Crippen LogP contribution in [-0.4, -0.2) is 35.8 Å². The molecule has 1 aliphatic heterocycles. The molecule has 0 saturated carbocycles. The molecule has 3 rings (SSSR count). The van der Waals surface area contributed by atoms with E-state index in [4.69, 9.17) is 11.6 Å². The Morgan fingerprint density at radius 1 is 1.46 bits per heavy atom. The van der Waals surface area contributed by atoms with E-state index in [0.29, 0.717) is 5.02 Å². The van der Waals surface area contributed by atoms with E-state index in [0.717, 1.165) is 36.1 Å². The van der Waals surface area contributed by atoms with Crippen LogP contribution in [0.2, 0.25) is 5.02 Å². The fourth-order valence-electron chi connectivity index (χ4n) is 3.38. The Labute approximate surface area is 163 Å². The molecule has 0 bridgehead atoms. The summed E-state index contributed by atoms with van der Waals surface area (Å²) in [7, 11) is -3.73. The Morgan fingerprint density at radius 3 is 2.92 bits per heavy atom. The van der Waals surface area contributed by atoms with Crippen LogP contribution in [0.5, 0.6) is 0 Å². The van der Waals surface area contributed by atoms with E-state index < -0.39 is 10.0 Å². The number of hydrogen-bond donors (Lipinski definition) is 1. The number of rotatable bonds is 6. The van der Waals surface area contributed by atoms with E-state index in [-0.39, 0.29) is 16.1 Å². The molecule has 2 heterocycles. The minimum absolute atomic E-state index is 0.124. The summed E-state index contributed by atoms with van der Waals surface area (Å²) in [6, 6.07) is 5.09. The van der Waals surface area contributed by atoms with Gasteiger partial charge in [0, 0.05) is 29.1 Å². The normalized spacial score (nSPS) is 20.0. The van der Waals surface area contributed by atoms with Gasteiger partial charge in [-0.15, -0.1) is 0 Å².